The molecule has 6 heteroatoms. The first-order valence-corrected chi connectivity index (χ1v) is 6.80. The molecule has 0 radical (unpaired) electrons. The summed E-state index contributed by atoms with van der Waals surface area (Å²) >= 11 is 1.75. The molecule has 0 amide bonds. The highest BCUT2D eigenvalue weighted by Crippen LogP contribution is 2.21. The molecule has 0 saturated carbocycles. The van der Waals surface area contributed by atoms with Gasteiger partial charge in [0.05, 0.1) is 6.04 Å². The average Bonchev–Trinajstić information content (AvgIpc) is 2.96. The zero-order valence-corrected chi connectivity index (χ0v) is 11.0. The predicted octanol–water partition coefficient (Wildman–Crippen LogP) is 1.82. The highest BCUT2D eigenvalue weighted by atomic mass is 32.2. The van der Waals surface area contributed by atoms with Gasteiger partial charge in [-0.1, -0.05) is 11.8 Å². The zero-order valence-electron chi connectivity index (χ0n) is 10.2. The highest BCUT2D eigenvalue weighted by molar-refractivity contribution is 8.14. The van der Waals surface area contributed by atoms with Crippen molar-refractivity contribution in [2.75, 3.05) is 24.8 Å². The zero-order chi connectivity index (χ0) is 12.1. The van der Waals surface area contributed by atoms with E-state index in [1.165, 1.54) is 0 Å². The number of aromatic nitrogens is 2. The SMILES string of the molecule is CCn1ccc(NC2=NC(CCOC)CS2)n1. The molecule has 0 aliphatic carbocycles. The summed E-state index contributed by atoms with van der Waals surface area (Å²) in [6, 6.07) is 2.34. The number of hydrogen-bond acceptors (Lipinski definition) is 5. The molecule has 0 saturated heterocycles. The van der Waals surface area contributed by atoms with E-state index in [0.29, 0.717) is 6.04 Å². The minimum atomic E-state index is 0.371. The monoisotopic (exact) mass is 254 g/mol. The normalized spacial score (nSPS) is 19.4. The van der Waals surface area contributed by atoms with Crippen LogP contribution in [0.15, 0.2) is 17.3 Å². The molecule has 2 heterocycles. The Kier molecular flexibility index (Phi) is 4.44. The maximum Gasteiger partial charge on any atom is 0.162 e. The Hall–Kier alpha value is -1.01. The minimum Gasteiger partial charge on any atom is -0.385 e. The number of nitrogens with one attached hydrogen (secondary N) is 1. The molecule has 1 aliphatic heterocycles. The average molecular weight is 254 g/mol. The quantitative estimate of drug-likeness (QED) is 0.871. The third-order valence-corrected chi connectivity index (χ3v) is 3.60. The number of thioether (sulfide) groups is 1. The molecular formula is C11H18N4OS. The van der Waals surface area contributed by atoms with Gasteiger partial charge < -0.3 is 10.1 Å². The van der Waals surface area contributed by atoms with Crippen LogP contribution in [0, 0.1) is 0 Å². The van der Waals surface area contributed by atoms with Crippen molar-refractivity contribution >= 4 is 22.7 Å². The minimum absolute atomic E-state index is 0.371. The summed E-state index contributed by atoms with van der Waals surface area (Å²) in [6.07, 6.45) is 2.95. The van der Waals surface area contributed by atoms with Crippen LogP contribution in [-0.4, -0.2) is 40.5 Å². The van der Waals surface area contributed by atoms with Crippen molar-refractivity contribution in [2.24, 2.45) is 4.99 Å². The van der Waals surface area contributed by atoms with Crippen molar-refractivity contribution in [2.45, 2.75) is 25.9 Å². The molecule has 1 aliphatic rings. The van der Waals surface area contributed by atoms with Gasteiger partial charge in [0, 0.05) is 38.3 Å². The van der Waals surface area contributed by atoms with Crippen LogP contribution in [0.5, 0.6) is 0 Å². The molecule has 2 rings (SSSR count). The fourth-order valence-electron chi connectivity index (χ4n) is 1.60. The van der Waals surface area contributed by atoms with Crippen molar-refractivity contribution in [1.82, 2.24) is 9.78 Å². The van der Waals surface area contributed by atoms with E-state index in [4.69, 9.17) is 4.74 Å². The number of ether oxygens (including phenoxy) is 1. The largest absolute Gasteiger partial charge is 0.385 e. The maximum absolute atomic E-state index is 5.06. The Balaban J connectivity index is 1.87. The van der Waals surface area contributed by atoms with E-state index in [0.717, 1.165) is 36.3 Å². The molecule has 0 bridgehead atoms. The lowest BCUT2D eigenvalue weighted by molar-refractivity contribution is 0.190. The Morgan fingerprint density at radius 3 is 3.24 bits per heavy atom. The standard InChI is InChI=1S/C11H18N4OS/c1-3-15-6-4-10(14-15)13-11-12-9(8-17-11)5-7-16-2/h4,6,9H,3,5,7-8H2,1-2H3,(H,12,13,14). The number of amidine groups is 1. The number of nitrogens with zero attached hydrogens (tertiary/aromatic N) is 3. The van der Waals surface area contributed by atoms with Gasteiger partial charge in [-0.25, -0.2) is 0 Å². The van der Waals surface area contributed by atoms with Crippen molar-refractivity contribution in [3.8, 4) is 0 Å². The van der Waals surface area contributed by atoms with Gasteiger partial charge in [-0.05, 0) is 13.3 Å². The number of aliphatic imine (C=N–C) groups is 1. The Bertz CT molecular complexity index is 391. The van der Waals surface area contributed by atoms with E-state index in [1.54, 1.807) is 18.9 Å². The maximum atomic E-state index is 5.06. The third kappa shape index (κ3) is 3.47. The van der Waals surface area contributed by atoms with E-state index >= 15 is 0 Å². The van der Waals surface area contributed by atoms with Crippen LogP contribution in [0.4, 0.5) is 5.82 Å². The molecular weight excluding hydrogens is 236 g/mol. The van der Waals surface area contributed by atoms with E-state index < -0.39 is 0 Å². The van der Waals surface area contributed by atoms with Crippen molar-refractivity contribution in [3.05, 3.63) is 12.3 Å². The van der Waals surface area contributed by atoms with Crippen LogP contribution in [-0.2, 0) is 11.3 Å². The first-order chi connectivity index (χ1) is 8.31. The first kappa shape index (κ1) is 12.4. The molecule has 17 heavy (non-hydrogen) atoms. The van der Waals surface area contributed by atoms with Gasteiger partial charge in [-0.2, -0.15) is 5.10 Å². The molecule has 1 atom stereocenters. The van der Waals surface area contributed by atoms with Crippen LogP contribution in [0.2, 0.25) is 0 Å². The first-order valence-electron chi connectivity index (χ1n) is 5.82. The second-order valence-electron chi connectivity index (χ2n) is 3.86. The van der Waals surface area contributed by atoms with Crippen molar-refractivity contribution in [3.63, 3.8) is 0 Å². The van der Waals surface area contributed by atoms with Gasteiger partial charge in [0.1, 0.15) is 0 Å². The van der Waals surface area contributed by atoms with E-state index in [1.807, 2.05) is 16.9 Å². The van der Waals surface area contributed by atoms with Crippen LogP contribution < -0.4 is 5.32 Å². The van der Waals surface area contributed by atoms with Crippen LogP contribution in [0.1, 0.15) is 13.3 Å². The molecule has 1 N–H and O–H groups in total. The fourth-order valence-corrected chi connectivity index (χ4v) is 2.59. The molecule has 0 aromatic carbocycles. The van der Waals surface area contributed by atoms with E-state index in [-0.39, 0.29) is 0 Å². The second-order valence-corrected chi connectivity index (χ2v) is 4.87. The second kappa shape index (κ2) is 6.07. The Morgan fingerprint density at radius 1 is 1.65 bits per heavy atom. The van der Waals surface area contributed by atoms with Gasteiger partial charge in [0.15, 0.2) is 11.0 Å². The number of methoxy groups -OCH3 is 1. The van der Waals surface area contributed by atoms with Gasteiger partial charge in [-0.15, -0.1) is 0 Å². The lowest BCUT2D eigenvalue weighted by atomic mass is 10.3. The van der Waals surface area contributed by atoms with Gasteiger partial charge in [0.25, 0.3) is 0 Å². The lowest BCUT2D eigenvalue weighted by Crippen LogP contribution is -2.08. The van der Waals surface area contributed by atoms with Gasteiger partial charge in [-0.3, -0.25) is 9.67 Å². The van der Waals surface area contributed by atoms with Crippen LogP contribution in [0.25, 0.3) is 0 Å². The summed E-state index contributed by atoms with van der Waals surface area (Å²) in [7, 11) is 1.72. The number of rotatable bonds is 5. The smallest absolute Gasteiger partial charge is 0.162 e. The van der Waals surface area contributed by atoms with Gasteiger partial charge >= 0.3 is 0 Å². The summed E-state index contributed by atoms with van der Waals surface area (Å²) in [4.78, 5) is 4.60. The Labute approximate surface area is 106 Å². The van der Waals surface area contributed by atoms with Crippen molar-refractivity contribution < 1.29 is 4.74 Å². The summed E-state index contributed by atoms with van der Waals surface area (Å²) < 4.78 is 6.95. The summed E-state index contributed by atoms with van der Waals surface area (Å²) in [5.74, 6) is 1.89. The molecule has 94 valence electrons. The van der Waals surface area contributed by atoms with E-state index in [9.17, 15) is 0 Å². The van der Waals surface area contributed by atoms with Crippen LogP contribution >= 0.6 is 11.8 Å². The fraction of sp³-hybridized carbons (Fsp3) is 0.636. The third-order valence-electron chi connectivity index (χ3n) is 2.57. The van der Waals surface area contributed by atoms with Gasteiger partial charge in [0.2, 0.25) is 0 Å². The summed E-state index contributed by atoms with van der Waals surface area (Å²) in [5, 5.41) is 8.57. The number of anilines is 1. The Morgan fingerprint density at radius 2 is 2.53 bits per heavy atom. The number of aryl methyl sites for hydroxylation is 1. The highest BCUT2D eigenvalue weighted by Gasteiger charge is 2.18. The number of hydrogen-bond donors (Lipinski definition) is 1. The molecule has 1 aromatic rings. The topological polar surface area (TPSA) is 51.4 Å². The molecule has 0 spiro atoms. The molecule has 1 unspecified atom stereocenters. The predicted molar refractivity (Wildman–Crippen MR) is 71.7 cm³/mol. The molecule has 5 nitrogen and oxygen atoms in total. The summed E-state index contributed by atoms with van der Waals surface area (Å²) in [5.41, 5.74) is 0. The van der Waals surface area contributed by atoms with Crippen molar-refractivity contribution in [1.29, 1.82) is 0 Å². The van der Waals surface area contributed by atoms with E-state index in [2.05, 4.69) is 22.3 Å². The van der Waals surface area contributed by atoms with Crippen LogP contribution in [0.3, 0.4) is 0 Å². The molecule has 1 aromatic heterocycles. The lowest BCUT2D eigenvalue weighted by Gasteiger charge is -2.02. The molecule has 0 fully saturated rings. The summed E-state index contributed by atoms with van der Waals surface area (Å²) in [6.45, 7) is 3.73.